The number of carbonyl (C=O) groups is 1. The SMILES string of the molecule is COc1ccc2[nH]c(C)c(CC(=O)Nc3ccccc3C(C)C)c2c1. The molecule has 0 saturated carbocycles. The smallest absolute Gasteiger partial charge is 0.228 e. The monoisotopic (exact) mass is 336 g/mol. The van der Waals surface area contributed by atoms with Crippen LogP contribution in [-0.4, -0.2) is 18.0 Å². The van der Waals surface area contributed by atoms with Crippen LogP contribution in [0.2, 0.25) is 0 Å². The Hall–Kier alpha value is -2.75. The lowest BCUT2D eigenvalue weighted by atomic mass is 10.0. The van der Waals surface area contributed by atoms with Gasteiger partial charge in [0.05, 0.1) is 13.5 Å². The highest BCUT2D eigenvalue weighted by atomic mass is 16.5. The number of hydrogen-bond acceptors (Lipinski definition) is 2. The first-order valence-corrected chi connectivity index (χ1v) is 8.53. The van der Waals surface area contributed by atoms with Gasteiger partial charge in [0, 0.05) is 22.3 Å². The molecule has 2 N–H and O–H groups in total. The fourth-order valence-corrected chi connectivity index (χ4v) is 3.19. The van der Waals surface area contributed by atoms with Crippen molar-refractivity contribution in [3.8, 4) is 5.75 Å². The van der Waals surface area contributed by atoms with Crippen LogP contribution in [0.5, 0.6) is 5.75 Å². The standard InChI is InChI=1S/C21H24N2O2/c1-13(2)16-7-5-6-8-19(16)23-21(24)12-17-14(3)22-20-10-9-15(25-4)11-18(17)20/h5-11,13,22H,12H2,1-4H3,(H,23,24). The van der Waals surface area contributed by atoms with Crippen molar-refractivity contribution in [2.24, 2.45) is 0 Å². The van der Waals surface area contributed by atoms with E-state index in [4.69, 9.17) is 4.74 Å². The van der Waals surface area contributed by atoms with Crippen molar-refractivity contribution in [3.63, 3.8) is 0 Å². The molecule has 4 nitrogen and oxygen atoms in total. The molecule has 0 saturated heterocycles. The van der Waals surface area contributed by atoms with Crippen molar-refractivity contribution in [2.45, 2.75) is 33.1 Å². The second-order valence-corrected chi connectivity index (χ2v) is 6.61. The molecule has 130 valence electrons. The fourth-order valence-electron chi connectivity index (χ4n) is 3.19. The largest absolute Gasteiger partial charge is 0.497 e. The number of carbonyl (C=O) groups excluding carboxylic acids is 1. The summed E-state index contributed by atoms with van der Waals surface area (Å²) in [7, 11) is 1.65. The van der Waals surface area contributed by atoms with E-state index in [9.17, 15) is 4.79 Å². The molecule has 4 heteroatoms. The lowest BCUT2D eigenvalue weighted by molar-refractivity contribution is -0.115. The van der Waals surface area contributed by atoms with Gasteiger partial charge in [0.1, 0.15) is 5.75 Å². The van der Waals surface area contributed by atoms with Crippen LogP contribution in [0.4, 0.5) is 5.69 Å². The summed E-state index contributed by atoms with van der Waals surface area (Å²) in [6.07, 6.45) is 0.325. The van der Waals surface area contributed by atoms with Crippen molar-refractivity contribution in [2.75, 3.05) is 12.4 Å². The summed E-state index contributed by atoms with van der Waals surface area (Å²) in [6, 6.07) is 13.8. The summed E-state index contributed by atoms with van der Waals surface area (Å²) in [5, 5.41) is 4.10. The van der Waals surface area contributed by atoms with Crippen LogP contribution in [-0.2, 0) is 11.2 Å². The van der Waals surface area contributed by atoms with Crippen LogP contribution in [0.25, 0.3) is 10.9 Å². The lowest BCUT2D eigenvalue weighted by Gasteiger charge is -2.13. The summed E-state index contributed by atoms with van der Waals surface area (Å²) < 4.78 is 5.31. The van der Waals surface area contributed by atoms with Crippen LogP contribution in [0, 0.1) is 6.92 Å². The minimum Gasteiger partial charge on any atom is -0.497 e. The van der Waals surface area contributed by atoms with Crippen LogP contribution in [0.15, 0.2) is 42.5 Å². The summed E-state index contributed by atoms with van der Waals surface area (Å²) in [4.78, 5) is 16.0. The molecule has 2 aromatic carbocycles. The number of ether oxygens (including phenoxy) is 1. The Labute approximate surface area is 148 Å². The van der Waals surface area contributed by atoms with Gasteiger partial charge >= 0.3 is 0 Å². The molecule has 0 atom stereocenters. The molecule has 1 amide bonds. The lowest BCUT2D eigenvalue weighted by Crippen LogP contribution is -2.16. The van der Waals surface area contributed by atoms with E-state index in [1.165, 1.54) is 0 Å². The number of nitrogens with one attached hydrogen (secondary N) is 2. The Morgan fingerprint density at radius 1 is 1.20 bits per heavy atom. The molecule has 0 aliphatic rings. The van der Waals surface area contributed by atoms with E-state index < -0.39 is 0 Å². The van der Waals surface area contributed by atoms with Gasteiger partial charge in [-0.2, -0.15) is 0 Å². The van der Waals surface area contributed by atoms with Gasteiger partial charge in [0.15, 0.2) is 0 Å². The molecule has 1 heterocycles. The van der Waals surface area contributed by atoms with Crippen LogP contribution in [0.1, 0.15) is 36.6 Å². The number of aryl methyl sites for hydroxylation is 1. The van der Waals surface area contributed by atoms with E-state index in [0.29, 0.717) is 12.3 Å². The number of anilines is 1. The number of para-hydroxylation sites is 1. The number of rotatable bonds is 5. The average Bonchev–Trinajstić information content (AvgIpc) is 2.90. The summed E-state index contributed by atoms with van der Waals surface area (Å²) in [5.41, 5.74) is 5.07. The topological polar surface area (TPSA) is 54.1 Å². The van der Waals surface area contributed by atoms with Gasteiger partial charge in [0.25, 0.3) is 0 Å². The van der Waals surface area contributed by atoms with Gasteiger partial charge in [-0.15, -0.1) is 0 Å². The van der Waals surface area contributed by atoms with Crippen molar-refractivity contribution in [1.82, 2.24) is 4.98 Å². The Bertz CT molecular complexity index is 909. The Kier molecular flexibility index (Phi) is 4.79. The molecule has 25 heavy (non-hydrogen) atoms. The van der Waals surface area contributed by atoms with Gasteiger partial charge < -0.3 is 15.0 Å². The molecule has 0 spiro atoms. The van der Waals surface area contributed by atoms with Gasteiger partial charge in [-0.3, -0.25) is 4.79 Å². The minimum atomic E-state index is -0.0140. The first-order chi connectivity index (χ1) is 12.0. The molecule has 3 rings (SSSR count). The van der Waals surface area contributed by atoms with E-state index in [1.54, 1.807) is 7.11 Å². The number of benzene rings is 2. The summed E-state index contributed by atoms with van der Waals surface area (Å²) >= 11 is 0. The average molecular weight is 336 g/mol. The van der Waals surface area contributed by atoms with Gasteiger partial charge in [-0.25, -0.2) is 0 Å². The predicted octanol–water partition coefficient (Wildman–Crippen LogP) is 4.79. The molecule has 0 fully saturated rings. The molecule has 0 radical (unpaired) electrons. The van der Waals surface area contributed by atoms with Gasteiger partial charge in [-0.05, 0) is 48.2 Å². The zero-order chi connectivity index (χ0) is 18.0. The second kappa shape index (κ2) is 7.01. The minimum absolute atomic E-state index is 0.0140. The summed E-state index contributed by atoms with van der Waals surface area (Å²) in [5.74, 6) is 1.13. The normalized spacial score (nSPS) is 11.1. The van der Waals surface area contributed by atoms with Crippen LogP contribution < -0.4 is 10.1 Å². The third-order valence-corrected chi connectivity index (χ3v) is 4.52. The second-order valence-electron chi connectivity index (χ2n) is 6.61. The number of methoxy groups -OCH3 is 1. The van der Waals surface area contributed by atoms with E-state index in [-0.39, 0.29) is 5.91 Å². The van der Waals surface area contributed by atoms with Crippen molar-refractivity contribution in [3.05, 3.63) is 59.3 Å². The van der Waals surface area contributed by atoms with Crippen LogP contribution >= 0.6 is 0 Å². The van der Waals surface area contributed by atoms with Crippen molar-refractivity contribution >= 4 is 22.5 Å². The molecular formula is C21H24N2O2. The summed E-state index contributed by atoms with van der Waals surface area (Å²) in [6.45, 7) is 6.25. The quantitative estimate of drug-likeness (QED) is 0.704. The maximum Gasteiger partial charge on any atom is 0.228 e. The maximum atomic E-state index is 12.6. The highest BCUT2D eigenvalue weighted by Crippen LogP contribution is 2.28. The Morgan fingerprint density at radius 2 is 1.96 bits per heavy atom. The molecule has 1 aromatic heterocycles. The number of H-pyrrole nitrogens is 1. The van der Waals surface area contributed by atoms with E-state index in [2.05, 4.69) is 30.2 Å². The Balaban J connectivity index is 1.86. The molecular weight excluding hydrogens is 312 g/mol. The molecule has 0 aliphatic heterocycles. The molecule has 0 aliphatic carbocycles. The predicted molar refractivity (Wildman–Crippen MR) is 102 cm³/mol. The molecule has 0 unspecified atom stereocenters. The first-order valence-electron chi connectivity index (χ1n) is 8.53. The van der Waals surface area contributed by atoms with Crippen molar-refractivity contribution < 1.29 is 9.53 Å². The highest BCUT2D eigenvalue weighted by Gasteiger charge is 2.15. The number of aromatic amines is 1. The number of fused-ring (bicyclic) bond motifs is 1. The number of amides is 1. The molecule has 3 aromatic rings. The highest BCUT2D eigenvalue weighted by molar-refractivity contribution is 5.97. The first kappa shape index (κ1) is 17.1. The third-order valence-electron chi connectivity index (χ3n) is 4.52. The zero-order valence-corrected chi connectivity index (χ0v) is 15.1. The molecule has 0 bridgehead atoms. The van der Waals surface area contributed by atoms with Crippen molar-refractivity contribution in [1.29, 1.82) is 0 Å². The van der Waals surface area contributed by atoms with E-state index in [0.717, 1.165) is 39.2 Å². The Morgan fingerprint density at radius 3 is 2.68 bits per heavy atom. The van der Waals surface area contributed by atoms with Gasteiger partial charge in [-0.1, -0.05) is 32.0 Å². The maximum absolute atomic E-state index is 12.6. The van der Waals surface area contributed by atoms with E-state index >= 15 is 0 Å². The van der Waals surface area contributed by atoms with Crippen LogP contribution in [0.3, 0.4) is 0 Å². The number of hydrogen-bond donors (Lipinski definition) is 2. The zero-order valence-electron chi connectivity index (χ0n) is 15.1. The van der Waals surface area contributed by atoms with E-state index in [1.807, 2.05) is 43.3 Å². The third kappa shape index (κ3) is 3.53. The number of aromatic nitrogens is 1. The fraction of sp³-hybridized carbons (Fsp3) is 0.286. The van der Waals surface area contributed by atoms with Gasteiger partial charge in [0.2, 0.25) is 5.91 Å².